The average molecular weight is 386 g/mol. The number of anilines is 1. The number of aromatic amines is 2. The van der Waals surface area contributed by atoms with Crippen LogP contribution in [-0.4, -0.2) is 26.8 Å². The van der Waals surface area contributed by atoms with E-state index in [-0.39, 0.29) is 5.91 Å². The normalized spacial score (nSPS) is 11.0. The Morgan fingerprint density at radius 3 is 2.81 bits per heavy atom. The Hall–Kier alpha value is -3.10. The van der Waals surface area contributed by atoms with Crippen molar-refractivity contribution in [1.82, 2.24) is 15.0 Å². The third-order valence-corrected chi connectivity index (χ3v) is 4.79. The summed E-state index contributed by atoms with van der Waals surface area (Å²) in [4.78, 5) is 33.8. The summed E-state index contributed by atoms with van der Waals surface area (Å²) in [5.41, 5.74) is 8.12. The van der Waals surface area contributed by atoms with Crippen molar-refractivity contribution >= 4 is 50.8 Å². The zero-order valence-corrected chi connectivity index (χ0v) is 14.7. The van der Waals surface area contributed by atoms with Gasteiger partial charge < -0.3 is 15.7 Å². The van der Waals surface area contributed by atoms with Gasteiger partial charge in [-0.05, 0) is 30.3 Å². The first-order valence-electron chi connectivity index (χ1n) is 7.53. The molecule has 0 aliphatic carbocycles. The first-order valence-corrected chi connectivity index (χ1v) is 8.79. The van der Waals surface area contributed by atoms with Gasteiger partial charge in [-0.15, -0.1) is 11.3 Å². The molecule has 0 radical (unpaired) electrons. The maximum Gasteiger partial charge on any atom is 0.273 e. The number of hydrogen-bond donors (Lipinski definition) is 4. The largest absolute Gasteiger partial charge is 0.364 e. The Labute approximate surface area is 156 Å². The number of carbonyl (C=O) groups is 2. The zero-order chi connectivity index (χ0) is 18.3. The molecule has 4 rings (SSSR count). The number of primary amides is 1. The smallest absolute Gasteiger partial charge is 0.273 e. The van der Waals surface area contributed by atoms with E-state index in [9.17, 15) is 9.59 Å². The molecule has 1 aromatic carbocycles. The van der Waals surface area contributed by atoms with Gasteiger partial charge in [-0.2, -0.15) is 0 Å². The molecule has 0 spiro atoms. The Balaban J connectivity index is 1.54. The van der Waals surface area contributed by atoms with Gasteiger partial charge in [0.2, 0.25) is 0 Å². The van der Waals surface area contributed by atoms with Gasteiger partial charge in [-0.25, -0.2) is 4.98 Å². The second-order valence-corrected chi connectivity index (χ2v) is 6.87. The molecule has 5 N–H and O–H groups in total. The lowest BCUT2D eigenvalue weighted by Gasteiger charge is -1.98. The van der Waals surface area contributed by atoms with Crippen LogP contribution in [0.5, 0.6) is 0 Å². The third-order valence-electron chi connectivity index (χ3n) is 3.80. The van der Waals surface area contributed by atoms with Crippen molar-refractivity contribution in [1.29, 1.82) is 0 Å². The second kappa shape index (κ2) is 6.32. The molecule has 0 aliphatic rings. The molecule has 0 saturated carbocycles. The van der Waals surface area contributed by atoms with E-state index in [1.807, 2.05) is 6.07 Å². The first-order chi connectivity index (χ1) is 12.5. The van der Waals surface area contributed by atoms with E-state index in [0.717, 1.165) is 16.5 Å². The van der Waals surface area contributed by atoms with Crippen molar-refractivity contribution < 1.29 is 9.59 Å². The molecule has 0 bridgehead atoms. The number of fused-ring (bicyclic) bond motifs is 1. The Morgan fingerprint density at radius 1 is 1.19 bits per heavy atom. The van der Waals surface area contributed by atoms with E-state index < -0.39 is 5.91 Å². The summed E-state index contributed by atoms with van der Waals surface area (Å²) in [5.74, 6) is -0.843. The van der Waals surface area contributed by atoms with Gasteiger partial charge in [0.25, 0.3) is 11.8 Å². The molecule has 9 heteroatoms. The highest BCUT2D eigenvalue weighted by Crippen LogP contribution is 2.26. The molecule has 0 fully saturated rings. The quantitative estimate of drug-likeness (QED) is 0.429. The maximum absolute atomic E-state index is 12.4. The minimum absolute atomic E-state index is 0.301. The molecule has 3 heterocycles. The molecule has 130 valence electrons. The van der Waals surface area contributed by atoms with Gasteiger partial charge in [0.05, 0.1) is 5.69 Å². The van der Waals surface area contributed by atoms with Crippen LogP contribution in [0.3, 0.4) is 0 Å². The van der Waals surface area contributed by atoms with Crippen LogP contribution in [-0.2, 0) is 0 Å². The van der Waals surface area contributed by atoms with E-state index in [1.54, 1.807) is 35.8 Å². The standard InChI is InChI=1S/C17H12ClN5O2S/c18-10-1-2-11-8(3-10)4-13(21-11)16(25)23-17-22-14(7-26-17)9-5-12(15(19)24)20-6-9/h1-7,20-21H,(H2,19,24)(H,22,23,25). The van der Waals surface area contributed by atoms with Crippen LogP contribution in [0.15, 0.2) is 41.9 Å². The third kappa shape index (κ3) is 3.07. The number of benzene rings is 1. The van der Waals surface area contributed by atoms with Gasteiger partial charge in [0.1, 0.15) is 11.4 Å². The average Bonchev–Trinajstić information content (AvgIpc) is 3.32. The van der Waals surface area contributed by atoms with Crippen molar-refractivity contribution in [3.05, 3.63) is 58.3 Å². The van der Waals surface area contributed by atoms with E-state index in [1.165, 1.54) is 11.3 Å². The van der Waals surface area contributed by atoms with E-state index >= 15 is 0 Å². The predicted molar refractivity (Wildman–Crippen MR) is 102 cm³/mol. The van der Waals surface area contributed by atoms with Crippen LogP contribution in [0.25, 0.3) is 22.2 Å². The van der Waals surface area contributed by atoms with Crippen LogP contribution >= 0.6 is 22.9 Å². The van der Waals surface area contributed by atoms with Gasteiger partial charge in [-0.3, -0.25) is 14.9 Å². The topological polar surface area (TPSA) is 117 Å². The number of carbonyl (C=O) groups excluding carboxylic acids is 2. The Kier molecular flexibility index (Phi) is 3.98. The number of thiazole rings is 1. The number of nitrogens with two attached hydrogens (primary N) is 1. The number of nitrogens with one attached hydrogen (secondary N) is 3. The van der Waals surface area contributed by atoms with Gasteiger partial charge in [0, 0.05) is 33.1 Å². The Morgan fingerprint density at radius 2 is 2.04 bits per heavy atom. The summed E-state index contributed by atoms with van der Waals surface area (Å²) >= 11 is 7.25. The fourth-order valence-corrected chi connectivity index (χ4v) is 3.43. The summed E-state index contributed by atoms with van der Waals surface area (Å²) in [6.07, 6.45) is 1.64. The minimum atomic E-state index is -0.543. The monoisotopic (exact) mass is 385 g/mol. The van der Waals surface area contributed by atoms with Crippen LogP contribution < -0.4 is 11.1 Å². The summed E-state index contributed by atoms with van der Waals surface area (Å²) in [5, 5.41) is 6.45. The number of nitrogens with zero attached hydrogens (tertiary/aromatic N) is 1. The van der Waals surface area contributed by atoms with Crippen molar-refractivity contribution in [2.75, 3.05) is 5.32 Å². The van der Waals surface area contributed by atoms with Crippen molar-refractivity contribution in [3.63, 3.8) is 0 Å². The van der Waals surface area contributed by atoms with Crippen LogP contribution in [0.4, 0.5) is 5.13 Å². The number of H-pyrrole nitrogens is 2. The summed E-state index contributed by atoms with van der Waals surface area (Å²) in [6.45, 7) is 0. The number of amides is 2. The molecule has 0 saturated heterocycles. The molecule has 0 unspecified atom stereocenters. The Bertz CT molecular complexity index is 1140. The minimum Gasteiger partial charge on any atom is -0.364 e. The summed E-state index contributed by atoms with van der Waals surface area (Å²) in [7, 11) is 0. The van der Waals surface area contributed by atoms with Gasteiger partial charge in [-0.1, -0.05) is 11.6 Å². The second-order valence-electron chi connectivity index (χ2n) is 5.57. The molecule has 3 aromatic heterocycles. The molecular weight excluding hydrogens is 374 g/mol. The van der Waals surface area contributed by atoms with E-state index in [2.05, 4.69) is 20.3 Å². The maximum atomic E-state index is 12.4. The molecule has 0 aliphatic heterocycles. The first kappa shape index (κ1) is 16.4. The number of rotatable bonds is 4. The highest BCUT2D eigenvalue weighted by atomic mass is 35.5. The molecule has 7 nitrogen and oxygen atoms in total. The van der Waals surface area contributed by atoms with Gasteiger partial charge >= 0.3 is 0 Å². The molecule has 2 amide bonds. The summed E-state index contributed by atoms with van der Waals surface area (Å²) < 4.78 is 0. The number of halogens is 1. The van der Waals surface area contributed by atoms with Crippen LogP contribution in [0.1, 0.15) is 21.0 Å². The zero-order valence-electron chi connectivity index (χ0n) is 13.2. The fourth-order valence-electron chi connectivity index (χ4n) is 2.54. The SMILES string of the molecule is NC(=O)c1cc(-c2csc(NC(=O)c3cc4cc(Cl)ccc4[nH]3)n2)c[nH]1. The van der Waals surface area contributed by atoms with Crippen LogP contribution in [0, 0.1) is 0 Å². The lowest BCUT2D eigenvalue weighted by molar-refractivity contribution is 0.0993. The predicted octanol–water partition coefficient (Wildman–Crippen LogP) is 3.62. The molecule has 0 atom stereocenters. The number of hydrogen-bond acceptors (Lipinski definition) is 4. The number of aromatic nitrogens is 3. The van der Waals surface area contributed by atoms with Crippen LogP contribution in [0.2, 0.25) is 5.02 Å². The highest BCUT2D eigenvalue weighted by molar-refractivity contribution is 7.14. The van der Waals surface area contributed by atoms with E-state index in [0.29, 0.717) is 27.2 Å². The van der Waals surface area contributed by atoms with Crippen molar-refractivity contribution in [2.24, 2.45) is 5.73 Å². The molecule has 26 heavy (non-hydrogen) atoms. The molecule has 4 aromatic rings. The fraction of sp³-hybridized carbons (Fsp3) is 0. The van der Waals surface area contributed by atoms with Gasteiger partial charge in [0.15, 0.2) is 5.13 Å². The lowest BCUT2D eigenvalue weighted by atomic mass is 10.2. The summed E-state index contributed by atoms with van der Waals surface area (Å²) in [6, 6.07) is 8.71. The van der Waals surface area contributed by atoms with E-state index in [4.69, 9.17) is 17.3 Å². The molecular formula is C17H12ClN5O2S. The highest BCUT2D eigenvalue weighted by Gasteiger charge is 2.14. The lowest BCUT2D eigenvalue weighted by Crippen LogP contribution is -2.11. The van der Waals surface area contributed by atoms with Crippen molar-refractivity contribution in [2.45, 2.75) is 0 Å². The van der Waals surface area contributed by atoms with Crippen molar-refractivity contribution in [3.8, 4) is 11.3 Å².